The highest BCUT2D eigenvalue weighted by molar-refractivity contribution is 9.09. The molecule has 0 N–H and O–H groups in total. The molecule has 13 heavy (non-hydrogen) atoms. The van der Waals surface area contributed by atoms with E-state index in [2.05, 4.69) is 15.9 Å². The van der Waals surface area contributed by atoms with Gasteiger partial charge in [-0.3, -0.25) is 0 Å². The molecule has 0 saturated carbocycles. The van der Waals surface area contributed by atoms with E-state index in [1.165, 1.54) is 0 Å². The van der Waals surface area contributed by atoms with Crippen LogP contribution in [0, 0.1) is 11.6 Å². The number of benzene rings is 1. The molecule has 0 aliphatic heterocycles. The first kappa shape index (κ1) is 10.9. The number of hydrogen-bond acceptors (Lipinski definition) is 0. The summed E-state index contributed by atoms with van der Waals surface area (Å²) in [4.78, 5) is 0. The third-order valence-corrected chi connectivity index (χ3v) is 3.06. The molecule has 0 aliphatic rings. The minimum absolute atomic E-state index is 0.0632. The molecule has 0 radical (unpaired) electrons. The van der Waals surface area contributed by atoms with Crippen LogP contribution in [0.3, 0.4) is 0 Å². The maximum atomic E-state index is 13.2. The van der Waals surface area contributed by atoms with Crippen molar-refractivity contribution >= 4 is 27.5 Å². The fraction of sp³-hybridized carbons (Fsp3) is 0.333. The number of rotatable bonds is 2. The molecule has 0 saturated heterocycles. The molecule has 0 bridgehead atoms. The molecule has 0 heterocycles. The van der Waals surface area contributed by atoms with E-state index in [-0.39, 0.29) is 10.9 Å². The minimum atomic E-state index is -0.578. The van der Waals surface area contributed by atoms with Crippen molar-refractivity contribution in [3.05, 3.63) is 34.4 Å². The zero-order chi connectivity index (χ0) is 10.0. The molecular formula is C9H8BrClF2. The third-order valence-electron chi connectivity index (χ3n) is 1.80. The third kappa shape index (κ3) is 2.41. The maximum absolute atomic E-state index is 13.2. The zero-order valence-electron chi connectivity index (χ0n) is 6.95. The Morgan fingerprint density at radius 3 is 2.54 bits per heavy atom. The Bertz CT molecular complexity index is 315. The maximum Gasteiger partial charge on any atom is 0.142 e. The van der Waals surface area contributed by atoms with E-state index >= 15 is 0 Å². The molecule has 1 aromatic rings. The van der Waals surface area contributed by atoms with Gasteiger partial charge in [0.15, 0.2) is 0 Å². The molecule has 1 aromatic carbocycles. The predicted molar refractivity (Wildman–Crippen MR) is 53.6 cm³/mol. The average Bonchev–Trinajstić information content (AvgIpc) is 2.10. The Hall–Kier alpha value is -0.150. The van der Waals surface area contributed by atoms with Crippen molar-refractivity contribution in [3.8, 4) is 0 Å². The van der Waals surface area contributed by atoms with Crippen LogP contribution in [0.2, 0.25) is 5.02 Å². The molecule has 1 rings (SSSR count). The first-order chi connectivity index (χ1) is 6.06. The van der Waals surface area contributed by atoms with E-state index in [1.807, 2.05) is 0 Å². The van der Waals surface area contributed by atoms with Gasteiger partial charge in [0.1, 0.15) is 11.6 Å². The van der Waals surface area contributed by atoms with E-state index in [4.69, 9.17) is 11.6 Å². The second-order valence-electron chi connectivity index (χ2n) is 2.84. The van der Waals surface area contributed by atoms with Crippen molar-refractivity contribution in [1.29, 1.82) is 0 Å². The number of alkyl halides is 1. The van der Waals surface area contributed by atoms with Crippen LogP contribution in [0.1, 0.15) is 18.4 Å². The molecule has 0 nitrogen and oxygen atoms in total. The van der Waals surface area contributed by atoms with Gasteiger partial charge in [-0.1, -0.05) is 34.5 Å². The average molecular weight is 270 g/mol. The Morgan fingerprint density at radius 1 is 1.38 bits per heavy atom. The van der Waals surface area contributed by atoms with Crippen molar-refractivity contribution in [1.82, 2.24) is 0 Å². The Morgan fingerprint density at radius 2 is 2.00 bits per heavy atom. The summed E-state index contributed by atoms with van der Waals surface area (Å²) in [6, 6.07) is 2.15. The van der Waals surface area contributed by atoms with Crippen molar-refractivity contribution in [2.75, 3.05) is 5.33 Å². The van der Waals surface area contributed by atoms with Crippen LogP contribution < -0.4 is 0 Å². The molecule has 0 aliphatic carbocycles. The monoisotopic (exact) mass is 268 g/mol. The summed E-state index contributed by atoms with van der Waals surface area (Å²) in [6.07, 6.45) is 0. The Kier molecular flexibility index (Phi) is 3.68. The van der Waals surface area contributed by atoms with Gasteiger partial charge in [-0.25, -0.2) is 8.78 Å². The SMILES string of the molecule is CC(CBr)c1cc(F)c(Cl)cc1F. The van der Waals surface area contributed by atoms with Crippen LogP contribution >= 0.6 is 27.5 Å². The van der Waals surface area contributed by atoms with Gasteiger partial charge in [0.25, 0.3) is 0 Å². The van der Waals surface area contributed by atoms with Gasteiger partial charge in [0.05, 0.1) is 5.02 Å². The first-order valence-electron chi connectivity index (χ1n) is 3.76. The largest absolute Gasteiger partial charge is 0.207 e. The highest BCUT2D eigenvalue weighted by Gasteiger charge is 2.13. The van der Waals surface area contributed by atoms with Gasteiger partial charge in [-0.2, -0.15) is 0 Å². The molecule has 1 atom stereocenters. The van der Waals surface area contributed by atoms with Crippen LogP contribution in [-0.2, 0) is 0 Å². The van der Waals surface area contributed by atoms with Gasteiger partial charge >= 0.3 is 0 Å². The molecule has 72 valence electrons. The van der Waals surface area contributed by atoms with E-state index in [0.717, 1.165) is 12.1 Å². The van der Waals surface area contributed by atoms with Crippen LogP contribution in [0.5, 0.6) is 0 Å². The van der Waals surface area contributed by atoms with Crippen LogP contribution in [0.4, 0.5) is 8.78 Å². The normalized spacial score (nSPS) is 13.0. The fourth-order valence-corrected chi connectivity index (χ4v) is 1.50. The van der Waals surface area contributed by atoms with E-state index in [0.29, 0.717) is 10.9 Å². The zero-order valence-corrected chi connectivity index (χ0v) is 9.29. The summed E-state index contributed by atoms with van der Waals surface area (Å²) in [5.74, 6) is -1.10. The van der Waals surface area contributed by atoms with Crippen molar-refractivity contribution in [3.63, 3.8) is 0 Å². The van der Waals surface area contributed by atoms with Crippen molar-refractivity contribution in [2.45, 2.75) is 12.8 Å². The molecule has 1 unspecified atom stereocenters. The second kappa shape index (κ2) is 4.38. The minimum Gasteiger partial charge on any atom is -0.207 e. The van der Waals surface area contributed by atoms with Crippen LogP contribution in [0.15, 0.2) is 12.1 Å². The summed E-state index contributed by atoms with van der Waals surface area (Å²) in [5, 5.41) is 0.411. The summed E-state index contributed by atoms with van der Waals surface area (Å²) >= 11 is 8.61. The van der Waals surface area contributed by atoms with Gasteiger partial charge in [0.2, 0.25) is 0 Å². The standard InChI is InChI=1S/C9H8BrClF2/c1-5(4-10)6-2-9(13)7(11)3-8(6)12/h2-3,5H,4H2,1H3. The van der Waals surface area contributed by atoms with E-state index in [9.17, 15) is 8.78 Å². The topological polar surface area (TPSA) is 0 Å². The molecule has 0 aromatic heterocycles. The van der Waals surface area contributed by atoms with Gasteiger partial charge in [-0.05, 0) is 23.6 Å². The number of hydrogen-bond donors (Lipinski definition) is 0. The summed E-state index contributed by atoms with van der Waals surface area (Å²) in [5.41, 5.74) is 0.346. The van der Waals surface area contributed by atoms with Gasteiger partial charge in [-0.15, -0.1) is 0 Å². The highest BCUT2D eigenvalue weighted by Crippen LogP contribution is 2.25. The highest BCUT2D eigenvalue weighted by atomic mass is 79.9. The smallest absolute Gasteiger partial charge is 0.142 e. The molecule has 4 heteroatoms. The van der Waals surface area contributed by atoms with Gasteiger partial charge < -0.3 is 0 Å². The van der Waals surface area contributed by atoms with Gasteiger partial charge in [0, 0.05) is 5.33 Å². The molecular weight excluding hydrogens is 261 g/mol. The molecule has 0 amide bonds. The second-order valence-corrected chi connectivity index (χ2v) is 3.90. The van der Waals surface area contributed by atoms with E-state index in [1.54, 1.807) is 6.92 Å². The molecule has 0 fully saturated rings. The Balaban J connectivity index is 3.15. The summed E-state index contributed by atoms with van der Waals surface area (Å²) in [7, 11) is 0. The lowest BCUT2D eigenvalue weighted by Crippen LogP contribution is -1.99. The lowest BCUT2D eigenvalue weighted by Gasteiger charge is -2.09. The predicted octanol–water partition coefficient (Wildman–Crippen LogP) is 4.12. The quantitative estimate of drug-likeness (QED) is 0.560. The lowest BCUT2D eigenvalue weighted by molar-refractivity contribution is 0.577. The molecule has 0 spiro atoms. The fourth-order valence-electron chi connectivity index (χ4n) is 0.999. The van der Waals surface area contributed by atoms with Crippen molar-refractivity contribution in [2.24, 2.45) is 0 Å². The van der Waals surface area contributed by atoms with Crippen LogP contribution in [-0.4, -0.2) is 5.33 Å². The Labute approximate surface area is 89.0 Å². The first-order valence-corrected chi connectivity index (χ1v) is 5.26. The summed E-state index contributed by atoms with van der Waals surface area (Å²) in [6.45, 7) is 1.81. The number of halogens is 4. The summed E-state index contributed by atoms with van der Waals surface area (Å²) < 4.78 is 26.1. The van der Waals surface area contributed by atoms with Crippen molar-refractivity contribution < 1.29 is 8.78 Å². The lowest BCUT2D eigenvalue weighted by atomic mass is 10.0. The van der Waals surface area contributed by atoms with E-state index < -0.39 is 11.6 Å². The van der Waals surface area contributed by atoms with Crippen LogP contribution in [0.25, 0.3) is 0 Å².